The van der Waals surface area contributed by atoms with Gasteiger partial charge in [-0.3, -0.25) is 14.9 Å². The van der Waals surface area contributed by atoms with Crippen LogP contribution >= 0.6 is 0 Å². The van der Waals surface area contributed by atoms with E-state index in [0.717, 1.165) is 12.2 Å². The topological polar surface area (TPSA) is 96.3 Å². The number of amides is 1. The first-order valence-electron chi connectivity index (χ1n) is 7.51. The lowest BCUT2D eigenvalue weighted by atomic mass is 10.2. The molecule has 1 amide bonds. The SMILES string of the molecule is CCN[C@H](C)CNC(=O)CCCNc1ccc([N+](=O)[O-])cc1. The third-order valence-electron chi connectivity index (χ3n) is 3.15. The molecule has 1 aromatic rings. The number of benzene rings is 1. The zero-order valence-corrected chi connectivity index (χ0v) is 13.1. The second kappa shape index (κ2) is 9.73. The number of carbonyl (C=O) groups is 1. The number of non-ortho nitro benzene ring substituents is 1. The van der Waals surface area contributed by atoms with Gasteiger partial charge in [-0.1, -0.05) is 6.92 Å². The van der Waals surface area contributed by atoms with Gasteiger partial charge in [0.2, 0.25) is 5.91 Å². The van der Waals surface area contributed by atoms with E-state index in [2.05, 4.69) is 16.0 Å². The van der Waals surface area contributed by atoms with Crippen molar-refractivity contribution in [3.05, 3.63) is 34.4 Å². The number of anilines is 1. The molecule has 0 spiro atoms. The number of carbonyl (C=O) groups excluding carboxylic acids is 1. The van der Waals surface area contributed by atoms with Crippen LogP contribution < -0.4 is 16.0 Å². The zero-order chi connectivity index (χ0) is 16.4. The van der Waals surface area contributed by atoms with Crippen LogP contribution in [0.2, 0.25) is 0 Å². The summed E-state index contributed by atoms with van der Waals surface area (Å²) in [4.78, 5) is 21.7. The Morgan fingerprint density at radius 1 is 1.32 bits per heavy atom. The number of hydrogen-bond acceptors (Lipinski definition) is 5. The van der Waals surface area contributed by atoms with Crippen molar-refractivity contribution < 1.29 is 9.72 Å². The largest absolute Gasteiger partial charge is 0.385 e. The second-order valence-electron chi connectivity index (χ2n) is 5.10. The molecule has 1 aromatic carbocycles. The molecule has 122 valence electrons. The molecular formula is C15H24N4O3. The summed E-state index contributed by atoms with van der Waals surface area (Å²) in [6, 6.07) is 6.51. The fraction of sp³-hybridized carbons (Fsp3) is 0.533. The van der Waals surface area contributed by atoms with Gasteiger partial charge in [0.05, 0.1) is 4.92 Å². The Morgan fingerprint density at radius 3 is 2.59 bits per heavy atom. The standard InChI is InChI=1S/C15H24N4O3/c1-3-16-12(2)11-18-15(20)5-4-10-17-13-6-8-14(9-7-13)19(21)22/h6-9,12,16-17H,3-5,10-11H2,1-2H3,(H,18,20)/t12-/m1/s1. The zero-order valence-electron chi connectivity index (χ0n) is 13.1. The molecule has 0 aliphatic carbocycles. The van der Waals surface area contributed by atoms with Crippen molar-refractivity contribution in [1.29, 1.82) is 0 Å². The van der Waals surface area contributed by atoms with Crippen LogP contribution in [0.15, 0.2) is 24.3 Å². The van der Waals surface area contributed by atoms with E-state index in [-0.39, 0.29) is 17.6 Å². The lowest BCUT2D eigenvalue weighted by molar-refractivity contribution is -0.384. The van der Waals surface area contributed by atoms with Crippen molar-refractivity contribution >= 4 is 17.3 Å². The van der Waals surface area contributed by atoms with Crippen LogP contribution in [0.5, 0.6) is 0 Å². The molecule has 7 nitrogen and oxygen atoms in total. The maximum atomic E-state index is 11.6. The van der Waals surface area contributed by atoms with E-state index < -0.39 is 4.92 Å². The average molecular weight is 308 g/mol. The lowest BCUT2D eigenvalue weighted by Gasteiger charge is -2.13. The van der Waals surface area contributed by atoms with Gasteiger partial charge in [0.15, 0.2) is 0 Å². The molecule has 0 unspecified atom stereocenters. The summed E-state index contributed by atoms with van der Waals surface area (Å²) in [7, 11) is 0. The third-order valence-corrected chi connectivity index (χ3v) is 3.15. The monoisotopic (exact) mass is 308 g/mol. The molecule has 22 heavy (non-hydrogen) atoms. The van der Waals surface area contributed by atoms with Crippen LogP contribution in [0.4, 0.5) is 11.4 Å². The fourth-order valence-electron chi connectivity index (χ4n) is 1.96. The van der Waals surface area contributed by atoms with Gasteiger partial charge in [0, 0.05) is 43.4 Å². The molecule has 7 heteroatoms. The molecule has 0 bridgehead atoms. The van der Waals surface area contributed by atoms with Gasteiger partial charge in [-0.25, -0.2) is 0 Å². The molecular weight excluding hydrogens is 284 g/mol. The van der Waals surface area contributed by atoms with E-state index in [1.165, 1.54) is 12.1 Å². The van der Waals surface area contributed by atoms with Gasteiger partial charge in [-0.15, -0.1) is 0 Å². The predicted molar refractivity (Wildman–Crippen MR) is 87.0 cm³/mol. The van der Waals surface area contributed by atoms with Crippen molar-refractivity contribution in [2.24, 2.45) is 0 Å². The molecule has 0 saturated carbocycles. The molecule has 0 heterocycles. The van der Waals surface area contributed by atoms with Crippen molar-refractivity contribution in [3.8, 4) is 0 Å². The summed E-state index contributed by atoms with van der Waals surface area (Å²) in [5.41, 5.74) is 0.881. The quantitative estimate of drug-likeness (QED) is 0.348. The number of nitro groups is 1. The van der Waals surface area contributed by atoms with Crippen molar-refractivity contribution in [1.82, 2.24) is 10.6 Å². The molecule has 0 fully saturated rings. The first-order chi connectivity index (χ1) is 10.5. The number of hydrogen-bond donors (Lipinski definition) is 3. The van der Waals surface area contributed by atoms with Crippen LogP contribution in [-0.4, -0.2) is 36.5 Å². The van der Waals surface area contributed by atoms with Gasteiger partial charge in [0.1, 0.15) is 0 Å². The van der Waals surface area contributed by atoms with E-state index in [0.29, 0.717) is 25.9 Å². The normalized spacial score (nSPS) is 11.7. The van der Waals surface area contributed by atoms with Crippen molar-refractivity contribution in [2.75, 3.05) is 25.0 Å². The highest BCUT2D eigenvalue weighted by atomic mass is 16.6. The Balaban J connectivity index is 2.16. The van der Waals surface area contributed by atoms with Crippen molar-refractivity contribution in [2.45, 2.75) is 32.7 Å². The maximum Gasteiger partial charge on any atom is 0.269 e. The Hall–Kier alpha value is -2.15. The molecule has 0 aliphatic heterocycles. The average Bonchev–Trinajstić information content (AvgIpc) is 2.50. The lowest BCUT2D eigenvalue weighted by Crippen LogP contribution is -2.38. The Kier molecular flexibility index (Phi) is 7.91. The van der Waals surface area contributed by atoms with Crippen LogP contribution in [0, 0.1) is 10.1 Å². The predicted octanol–water partition coefficient (Wildman–Crippen LogP) is 1.90. The molecule has 0 radical (unpaired) electrons. The van der Waals surface area contributed by atoms with Crippen LogP contribution in [0.1, 0.15) is 26.7 Å². The van der Waals surface area contributed by atoms with Crippen molar-refractivity contribution in [3.63, 3.8) is 0 Å². The number of nitro benzene ring substituents is 1. The number of rotatable bonds is 10. The van der Waals surface area contributed by atoms with Gasteiger partial charge in [-0.2, -0.15) is 0 Å². The minimum atomic E-state index is -0.428. The molecule has 1 rings (SSSR count). The number of likely N-dealkylation sites (N-methyl/N-ethyl adjacent to an activating group) is 1. The highest BCUT2D eigenvalue weighted by Crippen LogP contribution is 2.15. The summed E-state index contributed by atoms with van der Waals surface area (Å²) in [6.45, 7) is 6.22. The van der Waals surface area contributed by atoms with E-state index in [4.69, 9.17) is 0 Å². The minimum Gasteiger partial charge on any atom is -0.385 e. The van der Waals surface area contributed by atoms with E-state index in [9.17, 15) is 14.9 Å². The van der Waals surface area contributed by atoms with E-state index in [1.807, 2.05) is 13.8 Å². The second-order valence-corrected chi connectivity index (χ2v) is 5.10. The Bertz CT molecular complexity index is 476. The Morgan fingerprint density at radius 2 is 2.00 bits per heavy atom. The molecule has 0 aromatic heterocycles. The molecule has 0 saturated heterocycles. The summed E-state index contributed by atoms with van der Waals surface area (Å²) in [5.74, 6) is 0.0373. The van der Waals surface area contributed by atoms with Gasteiger partial charge >= 0.3 is 0 Å². The summed E-state index contributed by atoms with van der Waals surface area (Å²) < 4.78 is 0. The smallest absolute Gasteiger partial charge is 0.269 e. The summed E-state index contributed by atoms with van der Waals surface area (Å²) in [6.07, 6.45) is 1.16. The van der Waals surface area contributed by atoms with Gasteiger partial charge in [0.25, 0.3) is 5.69 Å². The maximum absolute atomic E-state index is 11.6. The molecule has 0 aliphatic rings. The van der Waals surface area contributed by atoms with Crippen LogP contribution in [0.25, 0.3) is 0 Å². The van der Waals surface area contributed by atoms with E-state index in [1.54, 1.807) is 12.1 Å². The van der Waals surface area contributed by atoms with Gasteiger partial charge in [-0.05, 0) is 32.0 Å². The highest BCUT2D eigenvalue weighted by molar-refractivity contribution is 5.75. The summed E-state index contributed by atoms with van der Waals surface area (Å²) >= 11 is 0. The fourth-order valence-corrected chi connectivity index (χ4v) is 1.96. The number of nitrogens with one attached hydrogen (secondary N) is 3. The first-order valence-corrected chi connectivity index (χ1v) is 7.51. The molecule has 1 atom stereocenters. The van der Waals surface area contributed by atoms with E-state index >= 15 is 0 Å². The third kappa shape index (κ3) is 7.03. The minimum absolute atomic E-state index is 0.0373. The summed E-state index contributed by atoms with van der Waals surface area (Å²) in [5, 5.41) is 19.8. The Labute approximate surface area is 130 Å². The van der Waals surface area contributed by atoms with Gasteiger partial charge < -0.3 is 16.0 Å². The van der Waals surface area contributed by atoms with Crippen LogP contribution in [-0.2, 0) is 4.79 Å². The highest BCUT2D eigenvalue weighted by Gasteiger charge is 2.05. The molecule has 3 N–H and O–H groups in total. The number of nitrogens with zero attached hydrogens (tertiary/aromatic N) is 1. The first kappa shape index (κ1) is 17.9. The van der Waals surface area contributed by atoms with Crippen LogP contribution in [0.3, 0.4) is 0 Å².